The molecular formula is C9H14FN3O3. The number of carboxylic acid groups (broad SMARTS) is 1. The number of aliphatic carboxylic acids is 1. The summed E-state index contributed by atoms with van der Waals surface area (Å²) in [6.07, 6.45) is -1.06. The molecule has 0 aromatic heterocycles. The van der Waals surface area contributed by atoms with Crippen molar-refractivity contribution in [1.82, 2.24) is 10.4 Å². The summed E-state index contributed by atoms with van der Waals surface area (Å²) in [6.45, 7) is 0.518. The third kappa shape index (κ3) is 3.41. The predicted octanol–water partition coefficient (Wildman–Crippen LogP) is -0.126. The quantitative estimate of drug-likeness (QED) is 0.656. The van der Waals surface area contributed by atoms with E-state index < -0.39 is 12.3 Å². The van der Waals surface area contributed by atoms with E-state index in [0.29, 0.717) is 19.4 Å². The third-order valence-electron chi connectivity index (χ3n) is 2.51. The van der Waals surface area contributed by atoms with E-state index in [1.54, 1.807) is 7.05 Å². The van der Waals surface area contributed by atoms with Crippen LogP contribution < -0.4 is 5.48 Å². The molecule has 7 heteroatoms. The highest BCUT2D eigenvalue weighted by molar-refractivity contribution is 5.70. The molecule has 0 aliphatic carbocycles. The number of alkyl halides is 1. The molecule has 1 heterocycles. The van der Waals surface area contributed by atoms with E-state index in [4.69, 9.17) is 10.4 Å². The van der Waals surface area contributed by atoms with Gasteiger partial charge in [-0.15, -0.1) is 0 Å². The van der Waals surface area contributed by atoms with Crippen LogP contribution in [0.2, 0.25) is 0 Å². The van der Waals surface area contributed by atoms with Crippen LogP contribution in [0.4, 0.5) is 4.39 Å². The van der Waals surface area contributed by atoms with Gasteiger partial charge in [-0.05, 0) is 19.9 Å². The van der Waals surface area contributed by atoms with Gasteiger partial charge in [0.05, 0.1) is 12.1 Å². The molecule has 1 aliphatic rings. The Kier molecular flexibility index (Phi) is 4.61. The Bertz CT molecular complexity index is 294. The van der Waals surface area contributed by atoms with Crippen LogP contribution in [0, 0.1) is 11.3 Å². The standard InChI is InChI=1S/C9H14FN3O3/c1-13-5-6(2-3-7(13)4-11)12-16-8(10)9(14)15/h6-8,12H,2-3,5H2,1H3,(H,14,15). The Morgan fingerprint density at radius 3 is 2.94 bits per heavy atom. The van der Waals surface area contributed by atoms with Crippen molar-refractivity contribution < 1.29 is 19.1 Å². The maximum atomic E-state index is 12.6. The molecule has 1 saturated heterocycles. The van der Waals surface area contributed by atoms with Gasteiger partial charge in [0.1, 0.15) is 0 Å². The minimum atomic E-state index is -2.36. The van der Waals surface area contributed by atoms with E-state index in [2.05, 4.69) is 16.4 Å². The van der Waals surface area contributed by atoms with Gasteiger partial charge in [-0.25, -0.2) is 9.18 Å². The zero-order valence-electron chi connectivity index (χ0n) is 8.89. The topological polar surface area (TPSA) is 85.6 Å². The fourth-order valence-electron chi connectivity index (χ4n) is 1.61. The average Bonchev–Trinajstić information content (AvgIpc) is 2.25. The Morgan fingerprint density at radius 2 is 2.44 bits per heavy atom. The first-order valence-corrected chi connectivity index (χ1v) is 4.92. The van der Waals surface area contributed by atoms with Crippen LogP contribution in [0.5, 0.6) is 0 Å². The van der Waals surface area contributed by atoms with E-state index in [-0.39, 0.29) is 12.1 Å². The van der Waals surface area contributed by atoms with Crippen LogP contribution in [0.25, 0.3) is 0 Å². The third-order valence-corrected chi connectivity index (χ3v) is 2.51. The lowest BCUT2D eigenvalue weighted by Gasteiger charge is -2.33. The van der Waals surface area contributed by atoms with Gasteiger partial charge in [-0.2, -0.15) is 10.7 Å². The number of hydrogen-bond donors (Lipinski definition) is 2. The maximum absolute atomic E-state index is 12.6. The highest BCUT2D eigenvalue weighted by atomic mass is 19.1. The van der Waals surface area contributed by atoms with Gasteiger partial charge in [0.25, 0.3) is 0 Å². The summed E-state index contributed by atoms with van der Waals surface area (Å²) in [4.78, 5) is 16.3. The monoisotopic (exact) mass is 231 g/mol. The number of likely N-dealkylation sites (N-methyl/N-ethyl adjacent to an activating group) is 1. The average molecular weight is 231 g/mol. The predicted molar refractivity (Wildman–Crippen MR) is 51.8 cm³/mol. The van der Waals surface area contributed by atoms with Crippen LogP contribution in [-0.4, -0.2) is 48.0 Å². The van der Waals surface area contributed by atoms with Crippen molar-refractivity contribution in [3.8, 4) is 6.07 Å². The summed E-state index contributed by atoms with van der Waals surface area (Å²) < 4.78 is 12.6. The smallest absolute Gasteiger partial charge is 0.367 e. The molecule has 3 atom stereocenters. The fourth-order valence-corrected chi connectivity index (χ4v) is 1.61. The Labute approximate surface area is 92.5 Å². The number of halogens is 1. The summed E-state index contributed by atoms with van der Waals surface area (Å²) in [7, 11) is 1.78. The molecule has 0 amide bonds. The summed E-state index contributed by atoms with van der Waals surface area (Å²) in [6, 6.07) is 1.85. The van der Waals surface area contributed by atoms with Crippen molar-refractivity contribution >= 4 is 5.97 Å². The summed E-state index contributed by atoms with van der Waals surface area (Å²) in [5.41, 5.74) is 2.37. The van der Waals surface area contributed by atoms with E-state index in [1.165, 1.54) is 0 Å². The number of carboxylic acids is 1. The SMILES string of the molecule is CN1CC(NOC(F)C(=O)O)CCC1C#N. The molecular weight excluding hydrogens is 217 g/mol. The lowest BCUT2D eigenvalue weighted by molar-refractivity contribution is -0.177. The van der Waals surface area contributed by atoms with Gasteiger partial charge in [0.2, 0.25) is 0 Å². The first-order valence-electron chi connectivity index (χ1n) is 4.92. The van der Waals surface area contributed by atoms with Crippen LogP contribution in [-0.2, 0) is 9.63 Å². The van der Waals surface area contributed by atoms with Crippen LogP contribution in [0.1, 0.15) is 12.8 Å². The zero-order valence-corrected chi connectivity index (χ0v) is 8.89. The second kappa shape index (κ2) is 5.75. The van der Waals surface area contributed by atoms with E-state index in [0.717, 1.165) is 0 Å². The van der Waals surface area contributed by atoms with E-state index in [9.17, 15) is 9.18 Å². The highest BCUT2D eigenvalue weighted by Gasteiger charge is 2.27. The van der Waals surface area contributed by atoms with Crippen molar-refractivity contribution in [2.24, 2.45) is 0 Å². The van der Waals surface area contributed by atoms with Crippen LogP contribution >= 0.6 is 0 Å². The zero-order chi connectivity index (χ0) is 12.1. The first-order chi connectivity index (χ1) is 7.54. The molecule has 1 fully saturated rings. The summed E-state index contributed by atoms with van der Waals surface area (Å²) >= 11 is 0. The Morgan fingerprint density at radius 1 is 1.75 bits per heavy atom. The molecule has 1 aliphatic heterocycles. The number of carbonyl (C=O) groups is 1. The van der Waals surface area contributed by atoms with Gasteiger partial charge in [-0.1, -0.05) is 0 Å². The molecule has 6 nitrogen and oxygen atoms in total. The van der Waals surface area contributed by atoms with Gasteiger partial charge in [0, 0.05) is 12.6 Å². The minimum Gasteiger partial charge on any atom is -0.477 e. The highest BCUT2D eigenvalue weighted by Crippen LogP contribution is 2.15. The molecule has 0 saturated carbocycles. The number of nitrogens with one attached hydrogen (secondary N) is 1. The number of piperidine rings is 1. The normalized spacial score (nSPS) is 28.3. The summed E-state index contributed by atoms with van der Waals surface area (Å²) in [5.74, 6) is -1.66. The number of nitriles is 1. The molecule has 16 heavy (non-hydrogen) atoms. The number of likely N-dealkylation sites (tertiary alicyclic amines) is 1. The second-order valence-electron chi connectivity index (χ2n) is 3.75. The lowest BCUT2D eigenvalue weighted by atomic mass is 10.0. The molecule has 2 N–H and O–H groups in total. The number of rotatable bonds is 4. The van der Waals surface area contributed by atoms with Crippen LogP contribution in [0.15, 0.2) is 0 Å². The molecule has 0 radical (unpaired) electrons. The molecule has 90 valence electrons. The van der Waals surface area contributed by atoms with Crippen molar-refractivity contribution in [2.75, 3.05) is 13.6 Å². The van der Waals surface area contributed by atoms with Crippen molar-refractivity contribution in [3.63, 3.8) is 0 Å². The largest absolute Gasteiger partial charge is 0.477 e. The lowest BCUT2D eigenvalue weighted by Crippen LogP contribution is -2.49. The number of hydroxylamine groups is 1. The van der Waals surface area contributed by atoms with Gasteiger partial charge in [0.15, 0.2) is 0 Å². The fraction of sp³-hybridized carbons (Fsp3) is 0.778. The summed E-state index contributed by atoms with van der Waals surface area (Å²) in [5, 5.41) is 17.0. The van der Waals surface area contributed by atoms with Crippen molar-refractivity contribution in [2.45, 2.75) is 31.3 Å². The number of nitrogens with zero attached hydrogens (tertiary/aromatic N) is 2. The first kappa shape index (κ1) is 12.8. The molecule has 0 aromatic rings. The van der Waals surface area contributed by atoms with E-state index in [1.807, 2.05) is 4.90 Å². The van der Waals surface area contributed by atoms with Gasteiger partial charge in [-0.3, -0.25) is 9.74 Å². The molecule has 0 bridgehead atoms. The molecule has 0 spiro atoms. The molecule has 3 unspecified atom stereocenters. The molecule has 1 rings (SSSR count). The van der Waals surface area contributed by atoms with Crippen molar-refractivity contribution in [1.29, 1.82) is 5.26 Å². The van der Waals surface area contributed by atoms with Gasteiger partial charge >= 0.3 is 12.3 Å². The Balaban J connectivity index is 2.31. The van der Waals surface area contributed by atoms with Crippen molar-refractivity contribution in [3.05, 3.63) is 0 Å². The maximum Gasteiger partial charge on any atom is 0.367 e. The van der Waals surface area contributed by atoms with Crippen LogP contribution in [0.3, 0.4) is 0 Å². The molecule has 0 aromatic carbocycles. The number of hydrogen-bond acceptors (Lipinski definition) is 5. The minimum absolute atomic E-state index is 0.140. The van der Waals surface area contributed by atoms with E-state index >= 15 is 0 Å². The second-order valence-corrected chi connectivity index (χ2v) is 3.75. The Hall–Kier alpha value is -1.23. The van der Waals surface area contributed by atoms with Gasteiger partial charge < -0.3 is 5.11 Å².